The van der Waals surface area contributed by atoms with Crippen LogP contribution < -0.4 is 4.74 Å². The number of thiophene rings is 1. The molecule has 0 radical (unpaired) electrons. The first-order valence-electron chi connectivity index (χ1n) is 13.0. The van der Waals surface area contributed by atoms with Crippen molar-refractivity contribution in [2.45, 2.75) is 58.0 Å². The van der Waals surface area contributed by atoms with E-state index in [4.69, 9.17) is 4.74 Å². The first-order chi connectivity index (χ1) is 17.4. The van der Waals surface area contributed by atoms with Gasteiger partial charge in [-0.25, -0.2) is 0 Å². The Labute approximate surface area is 217 Å². The molecule has 36 heavy (non-hydrogen) atoms. The van der Waals surface area contributed by atoms with Crippen molar-refractivity contribution >= 4 is 28.2 Å². The summed E-state index contributed by atoms with van der Waals surface area (Å²) in [6, 6.07) is 9.77. The molecule has 3 atom stereocenters. The predicted octanol–water partition coefficient (Wildman–Crippen LogP) is 5.86. The van der Waals surface area contributed by atoms with Crippen molar-refractivity contribution in [3.8, 4) is 5.75 Å². The van der Waals surface area contributed by atoms with Gasteiger partial charge < -0.3 is 19.8 Å². The second-order valence-electron chi connectivity index (χ2n) is 10.1. The topological polar surface area (TPSA) is 82.9 Å². The van der Waals surface area contributed by atoms with Gasteiger partial charge in [0.05, 0.1) is 18.7 Å². The molecule has 0 amide bonds. The second-order valence-corrected chi connectivity index (χ2v) is 11.1. The van der Waals surface area contributed by atoms with E-state index in [0.717, 1.165) is 67.5 Å². The molecular weight excluding hydrogens is 472 g/mol. The zero-order chi connectivity index (χ0) is 25.5. The van der Waals surface area contributed by atoms with Gasteiger partial charge in [0, 0.05) is 29.4 Å². The molecule has 1 aliphatic rings. The van der Waals surface area contributed by atoms with Crippen molar-refractivity contribution in [3.63, 3.8) is 0 Å². The number of aromatic nitrogens is 1. The maximum absolute atomic E-state index is 11.6. The Bertz CT molecular complexity index is 1150. The van der Waals surface area contributed by atoms with Crippen LogP contribution in [0.4, 0.5) is 0 Å². The third kappa shape index (κ3) is 6.84. The Morgan fingerprint density at radius 3 is 2.86 bits per heavy atom. The molecule has 3 heterocycles. The number of unbranched alkanes of at least 4 members (excludes halogenated alkanes) is 1. The lowest BCUT2D eigenvalue weighted by atomic mass is 9.79. The van der Waals surface area contributed by atoms with Crippen molar-refractivity contribution < 1.29 is 19.7 Å². The number of hydrogen-bond donors (Lipinski definition) is 2. The lowest BCUT2D eigenvalue weighted by Crippen LogP contribution is -2.41. The number of benzene rings is 1. The van der Waals surface area contributed by atoms with Crippen molar-refractivity contribution in [1.82, 2.24) is 9.88 Å². The SMILES string of the molecule is COc1ccc2nccc([C@@H](O)CC[C@@H]3CCN(CCCCc4sccc4C)C[C@@H]3CC(=O)O)c2c1. The average Bonchev–Trinajstić information content (AvgIpc) is 3.29. The fourth-order valence-corrected chi connectivity index (χ4v) is 6.52. The first kappa shape index (κ1) is 26.6. The standard InChI is InChI=1S/C29H38N2O4S/c1-20-12-16-36-28(20)5-3-4-14-31-15-11-21(22(19-31)17-29(33)34)6-9-27(32)24-10-13-30-26-8-7-23(35-2)18-25(24)26/h7-8,10,12-13,16,18,21-22,27,32H,3-6,9,11,14-15,17,19H2,1-2H3,(H,33,34)/t21-,22+,27+/m1/s1. The number of aliphatic hydroxyl groups is 1. The number of carbonyl (C=O) groups is 1. The summed E-state index contributed by atoms with van der Waals surface area (Å²) >= 11 is 1.84. The summed E-state index contributed by atoms with van der Waals surface area (Å²) in [5.74, 6) is 0.442. The summed E-state index contributed by atoms with van der Waals surface area (Å²) in [5.41, 5.74) is 3.08. The number of hydrogen-bond acceptors (Lipinski definition) is 6. The highest BCUT2D eigenvalue weighted by Crippen LogP contribution is 2.35. The highest BCUT2D eigenvalue weighted by atomic mass is 32.1. The first-order valence-corrected chi connectivity index (χ1v) is 13.9. The zero-order valence-electron chi connectivity index (χ0n) is 21.4. The van der Waals surface area contributed by atoms with Crippen LogP contribution in [0, 0.1) is 18.8 Å². The molecule has 0 saturated carbocycles. The number of methoxy groups -OCH3 is 1. The summed E-state index contributed by atoms with van der Waals surface area (Å²) in [6.45, 7) is 5.05. The zero-order valence-corrected chi connectivity index (χ0v) is 22.2. The number of piperidine rings is 1. The summed E-state index contributed by atoms with van der Waals surface area (Å²) in [6.07, 6.45) is 7.16. The Morgan fingerprint density at radius 1 is 1.25 bits per heavy atom. The lowest BCUT2D eigenvalue weighted by molar-refractivity contribution is -0.139. The van der Waals surface area contributed by atoms with Gasteiger partial charge in [-0.1, -0.05) is 0 Å². The predicted molar refractivity (Wildman–Crippen MR) is 145 cm³/mol. The summed E-state index contributed by atoms with van der Waals surface area (Å²) < 4.78 is 5.36. The average molecular weight is 511 g/mol. The van der Waals surface area contributed by atoms with Crippen molar-refractivity contribution in [1.29, 1.82) is 0 Å². The lowest BCUT2D eigenvalue weighted by Gasteiger charge is -2.38. The van der Waals surface area contributed by atoms with Gasteiger partial charge in [0.2, 0.25) is 0 Å². The molecule has 1 aliphatic heterocycles. The number of nitrogens with zero attached hydrogens (tertiary/aromatic N) is 2. The van der Waals surface area contributed by atoms with Crippen LogP contribution in [0.1, 0.15) is 60.6 Å². The number of pyridine rings is 1. The minimum atomic E-state index is -0.729. The number of likely N-dealkylation sites (tertiary alicyclic amines) is 1. The fourth-order valence-electron chi connectivity index (χ4n) is 5.57. The third-order valence-electron chi connectivity index (χ3n) is 7.66. The smallest absolute Gasteiger partial charge is 0.303 e. The van der Waals surface area contributed by atoms with Crippen LogP contribution >= 0.6 is 11.3 Å². The normalized spacial score (nSPS) is 19.4. The Kier molecular flexibility index (Phi) is 9.35. The van der Waals surface area contributed by atoms with Gasteiger partial charge in [0.1, 0.15) is 5.75 Å². The van der Waals surface area contributed by atoms with Gasteiger partial charge in [-0.15, -0.1) is 11.3 Å². The van der Waals surface area contributed by atoms with E-state index in [9.17, 15) is 15.0 Å². The number of aliphatic carboxylic acids is 1. The van der Waals surface area contributed by atoms with Gasteiger partial charge in [0.25, 0.3) is 0 Å². The van der Waals surface area contributed by atoms with Gasteiger partial charge >= 0.3 is 5.97 Å². The number of aliphatic hydroxyl groups excluding tert-OH is 1. The molecule has 0 spiro atoms. The van der Waals surface area contributed by atoms with E-state index >= 15 is 0 Å². The van der Waals surface area contributed by atoms with Gasteiger partial charge in [-0.3, -0.25) is 9.78 Å². The number of aryl methyl sites for hydroxylation is 2. The quantitative estimate of drug-likeness (QED) is 0.297. The molecule has 194 valence electrons. The highest BCUT2D eigenvalue weighted by molar-refractivity contribution is 7.10. The van der Waals surface area contributed by atoms with E-state index in [2.05, 4.69) is 28.3 Å². The van der Waals surface area contributed by atoms with Crippen molar-refractivity contribution in [2.75, 3.05) is 26.7 Å². The molecular formula is C29H38N2O4S. The Hall–Kier alpha value is -2.48. The molecule has 7 heteroatoms. The molecule has 1 aromatic carbocycles. The third-order valence-corrected chi connectivity index (χ3v) is 8.74. The van der Waals surface area contributed by atoms with E-state index in [1.54, 1.807) is 13.3 Å². The van der Waals surface area contributed by atoms with Gasteiger partial charge in [-0.2, -0.15) is 0 Å². The molecule has 1 fully saturated rings. The largest absolute Gasteiger partial charge is 0.497 e. The number of ether oxygens (including phenoxy) is 1. The van der Waals surface area contributed by atoms with E-state index in [0.29, 0.717) is 12.3 Å². The van der Waals surface area contributed by atoms with Crippen LogP contribution in [0.2, 0.25) is 0 Å². The Balaban J connectivity index is 1.32. The van der Waals surface area contributed by atoms with E-state index in [-0.39, 0.29) is 12.3 Å². The summed E-state index contributed by atoms with van der Waals surface area (Å²) in [4.78, 5) is 20.0. The van der Waals surface area contributed by atoms with Crippen LogP contribution in [0.25, 0.3) is 10.9 Å². The van der Waals surface area contributed by atoms with Gasteiger partial charge in [0.15, 0.2) is 0 Å². The molecule has 0 aliphatic carbocycles. The molecule has 0 unspecified atom stereocenters. The minimum absolute atomic E-state index is 0.122. The molecule has 2 N–H and O–H groups in total. The summed E-state index contributed by atoms with van der Waals surface area (Å²) in [7, 11) is 1.63. The van der Waals surface area contributed by atoms with Crippen LogP contribution in [0.3, 0.4) is 0 Å². The molecule has 4 rings (SSSR count). The maximum atomic E-state index is 11.6. The van der Waals surface area contributed by atoms with Crippen molar-refractivity contribution in [3.05, 3.63) is 57.9 Å². The van der Waals surface area contributed by atoms with Crippen LogP contribution in [-0.4, -0.2) is 52.8 Å². The van der Waals surface area contributed by atoms with Crippen LogP contribution in [0.5, 0.6) is 5.75 Å². The molecule has 6 nitrogen and oxygen atoms in total. The second kappa shape index (κ2) is 12.7. The minimum Gasteiger partial charge on any atom is -0.497 e. The van der Waals surface area contributed by atoms with Crippen LogP contribution in [0.15, 0.2) is 41.9 Å². The van der Waals surface area contributed by atoms with E-state index < -0.39 is 12.1 Å². The summed E-state index contributed by atoms with van der Waals surface area (Å²) in [5, 5.41) is 23.7. The molecule has 3 aromatic rings. The number of fused-ring (bicyclic) bond motifs is 1. The number of carboxylic acids is 1. The molecule has 0 bridgehead atoms. The van der Waals surface area contributed by atoms with E-state index in [1.807, 2.05) is 35.6 Å². The van der Waals surface area contributed by atoms with Crippen molar-refractivity contribution in [2.24, 2.45) is 11.8 Å². The van der Waals surface area contributed by atoms with E-state index in [1.165, 1.54) is 16.9 Å². The van der Waals surface area contributed by atoms with Gasteiger partial charge in [-0.05, 0) is 117 Å². The monoisotopic (exact) mass is 510 g/mol. The number of carboxylic acid groups (broad SMARTS) is 1. The molecule has 2 aromatic heterocycles. The molecule has 1 saturated heterocycles. The fraction of sp³-hybridized carbons (Fsp3) is 0.517. The maximum Gasteiger partial charge on any atom is 0.303 e. The highest BCUT2D eigenvalue weighted by Gasteiger charge is 2.31. The van der Waals surface area contributed by atoms with Crippen LogP contribution in [-0.2, 0) is 11.2 Å². The number of rotatable bonds is 12. The Morgan fingerprint density at radius 2 is 2.11 bits per heavy atom.